The number of alkyl halides is 6. The van der Waals surface area contributed by atoms with Crippen LogP contribution in [0, 0.1) is 5.92 Å². The lowest BCUT2D eigenvalue weighted by molar-refractivity contribution is -0.290. The van der Waals surface area contributed by atoms with Crippen molar-refractivity contribution in [2.75, 3.05) is 0 Å². The monoisotopic (exact) mass is 404 g/mol. The number of rotatable bonds is 4. The normalized spacial score (nSPS) is 18.4. The molecular weight excluding hydrogens is 386 g/mol. The first kappa shape index (κ1) is 21.9. The molecule has 1 aliphatic carbocycles. The summed E-state index contributed by atoms with van der Waals surface area (Å²) in [6, 6.07) is 3.28. The number of benzene rings is 1. The minimum Gasteiger partial charge on any atom is -0.295 e. The van der Waals surface area contributed by atoms with Gasteiger partial charge in [0.05, 0.1) is 0 Å². The Balaban J connectivity index is 2.81. The van der Waals surface area contributed by atoms with Gasteiger partial charge in [-0.2, -0.15) is 26.3 Å². The zero-order valence-corrected chi connectivity index (χ0v) is 15.3. The second kappa shape index (κ2) is 7.22. The Morgan fingerprint density at radius 3 is 1.71 bits per heavy atom. The van der Waals surface area contributed by atoms with Crippen LogP contribution in [0.5, 0.6) is 0 Å². The van der Waals surface area contributed by atoms with Crippen LogP contribution < -0.4 is 0 Å². The van der Waals surface area contributed by atoms with Gasteiger partial charge in [-0.1, -0.05) is 43.3 Å². The highest BCUT2D eigenvalue weighted by Gasteiger charge is 2.73. The first-order valence-corrected chi connectivity index (χ1v) is 8.40. The van der Waals surface area contributed by atoms with E-state index in [1.54, 1.807) is 0 Å². The third kappa shape index (κ3) is 3.52. The first-order valence-electron chi connectivity index (χ1n) is 8.40. The van der Waals surface area contributed by atoms with E-state index in [9.17, 15) is 35.9 Å². The fourth-order valence-electron chi connectivity index (χ4n) is 3.60. The van der Waals surface area contributed by atoms with Gasteiger partial charge in [0, 0.05) is 5.56 Å². The maximum absolute atomic E-state index is 14.1. The van der Waals surface area contributed by atoms with Crippen molar-refractivity contribution in [3.8, 4) is 0 Å². The summed E-state index contributed by atoms with van der Waals surface area (Å²) in [6.07, 6.45) is -10.2. The van der Waals surface area contributed by atoms with E-state index in [1.807, 2.05) is 0 Å². The molecule has 1 aromatic carbocycles. The molecule has 28 heavy (non-hydrogen) atoms. The molecule has 1 unspecified atom stereocenters. The van der Waals surface area contributed by atoms with Crippen molar-refractivity contribution in [1.82, 2.24) is 0 Å². The Morgan fingerprint density at radius 2 is 1.36 bits per heavy atom. The van der Waals surface area contributed by atoms with E-state index < -0.39 is 52.8 Å². The summed E-state index contributed by atoms with van der Waals surface area (Å²) in [7, 11) is 0. The summed E-state index contributed by atoms with van der Waals surface area (Å²) in [6.45, 7) is 3.79. The van der Waals surface area contributed by atoms with Gasteiger partial charge in [0.2, 0.25) is 5.41 Å². The van der Waals surface area contributed by atoms with Crippen LogP contribution in [-0.2, 0) is 10.2 Å². The molecule has 0 bridgehead atoms. The average molecular weight is 404 g/mol. The van der Waals surface area contributed by atoms with E-state index in [0.29, 0.717) is 12.1 Å². The van der Waals surface area contributed by atoms with Crippen molar-refractivity contribution in [3.05, 3.63) is 58.7 Å². The van der Waals surface area contributed by atoms with Gasteiger partial charge in [-0.3, -0.25) is 9.59 Å². The van der Waals surface area contributed by atoms with Crippen LogP contribution in [0.1, 0.15) is 43.1 Å². The third-order valence-electron chi connectivity index (χ3n) is 4.98. The van der Waals surface area contributed by atoms with Gasteiger partial charge in [0.25, 0.3) is 0 Å². The number of hydrogen-bond donors (Lipinski definition) is 0. The van der Waals surface area contributed by atoms with Crippen LogP contribution in [0.15, 0.2) is 47.6 Å². The quantitative estimate of drug-likeness (QED) is 0.474. The van der Waals surface area contributed by atoms with Gasteiger partial charge in [-0.15, -0.1) is 0 Å². The van der Waals surface area contributed by atoms with Gasteiger partial charge in [0.1, 0.15) is 0 Å². The number of hydrogen-bond acceptors (Lipinski definition) is 2. The SMILES string of the molecule is CC(=O)C1=CC=C(C(c2ccc(C(C)=O)cc2)(C(F)(F)F)C(F)(F)F)CC1C. The molecule has 0 N–H and O–H groups in total. The van der Waals surface area contributed by atoms with Crippen molar-refractivity contribution in [3.63, 3.8) is 0 Å². The standard InChI is InChI=1S/C20H18F6O2/c1-11-10-16(8-9-17(11)13(3)28)18(19(21,22)23,20(24,25)26)15-6-4-14(5-7-15)12(2)27/h4-9,11H,10H2,1-3H3. The lowest BCUT2D eigenvalue weighted by Crippen LogP contribution is -2.55. The summed E-state index contributed by atoms with van der Waals surface area (Å²) in [5, 5.41) is 0. The molecule has 0 aliphatic heterocycles. The molecule has 0 aromatic heterocycles. The predicted octanol–water partition coefficient (Wildman–Crippen LogP) is 5.73. The van der Waals surface area contributed by atoms with Crippen LogP contribution in [-0.4, -0.2) is 23.9 Å². The number of ketones is 2. The maximum Gasteiger partial charge on any atom is 0.410 e. The summed E-state index contributed by atoms with van der Waals surface area (Å²) in [4.78, 5) is 22.9. The second-order valence-corrected chi connectivity index (χ2v) is 6.85. The molecule has 0 amide bonds. The lowest BCUT2D eigenvalue weighted by atomic mass is 9.67. The molecule has 2 rings (SSSR count). The molecule has 0 heterocycles. The number of carbonyl (C=O) groups is 2. The van der Waals surface area contributed by atoms with Gasteiger partial charge < -0.3 is 0 Å². The van der Waals surface area contributed by atoms with E-state index in [-0.39, 0.29) is 11.1 Å². The predicted molar refractivity (Wildman–Crippen MR) is 90.9 cm³/mol. The Labute approximate surface area is 157 Å². The van der Waals surface area contributed by atoms with Gasteiger partial charge in [-0.05, 0) is 42.9 Å². The topological polar surface area (TPSA) is 34.1 Å². The van der Waals surface area contributed by atoms with Crippen LogP contribution in [0.3, 0.4) is 0 Å². The average Bonchev–Trinajstić information content (AvgIpc) is 2.53. The van der Waals surface area contributed by atoms with Gasteiger partial charge in [0.15, 0.2) is 11.6 Å². The number of halogens is 6. The highest BCUT2D eigenvalue weighted by atomic mass is 19.4. The Morgan fingerprint density at radius 1 is 0.857 bits per heavy atom. The fraction of sp³-hybridized carbons (Fsp3) is 0.400. The lowest BCUT2D eigenvalue weighted by Gasteiger charge is -2.41. The molecule has 1 aromatic rings. The van der Waals surface area contributed by atoms with Crippen LogP contribution in [0.4, 0.5) is 26.3 Å². The molecule has 1 aliphatic rings. The molecule has 0 fully saturated rings. The first-order chi connectivity index (χ1) is 12.7. The van der Waals surface area contributed by atoms with Crippen molar-refractivity contribution in [2.24, 2.45) is 5.92 Å². The molecule has 2 nitrogen and oxygen atoms in total. The summed E-state index contributed by atoms with van der Waals surface area (Å²) in [5.74, 6) is -1.67. The fourth-order valence-corrected chi connectivity index (χ4v) is 3.60. The molecule has 0 saturated carbocycles. The molecule has 0 spiro atoms. The second-order valence-electron chi connectivity index (χ2n) is 6.85. The largest absolute Gasteiger partial charge is 0.410 e. The summed E-state index contributed by atoms with van der Waals surface area (Å²) >= 11 is 0. The van der Waals surface area contributed by atoms with Crippen molar-refractivity contribution in [2.45, 2.75) is 45.0 Å². The van der Waals surface area contributed by atoms with Gasteiger partial charge in [-0.25, -0.2) is 0 Å². The van der Waals surface area contributed by atoms with Gasteiger partial charge >= 0.3 is 12.4 Å². The Bertz CT molecular complexity index is 827. The molecule has 1 atom stereocenters. The number of carbonyl (C=O) groups excluding carboxylic acids is 2. The Hall–Kier alpha value is -2.38. The van der Waals surface area contributed by atoms with Crippen LogP contribution >= 0.6 is 0 Å². The Kier molecular flexibility index (Phi) is 5.65. The van der Waals surface area contributed by atoms with E-state index in [1.165, 1.54) is 13.8 Å². The highest BCUT2D eigenvalue weighted by molar-refractivity contribution is 5.94. The van der Waals surface area contributed by atoms with Crippen LogP contribution in [0.2, 0.25) is 0 Å². The number of Topliss-reactive ketones (excluding diaryl/α,β-unsaturated/α-hetero) is 2. The molecule has 152 valence electrons. The number of allylic oxidation sites excluding steroid dienone is 4. The molecule has 0 saturated heterocycles. The van der Waals surface area contributed by atoms with E-state index in [0.717, 1.165) is 31.2 Å². The summed E-state index contributed by atoms with van der Waals surface area (Å²) < 4.78 is 84.4. The molecule has 0 radical (unpaired) electrons. The van der Waals surface area contributed by atoms with E-state index in [4.69, 9.17) is 0 Å². The third-order valence-corrected chi connectivity index (χ3v) is 4.98. The smallest absolute Gasteiger partial charge is 0.295 e. The summed E-state index contributed by atoms with van der Waals surface area (Å²) in [5.41, 5.74) is -5.96. The van der Waals surface area contributed by atoms with Crippen LogP contribution in [0.25, 0.3) is 0 Å². The molecule has 8 heteroatoms. The maximum atomic E-state index is 14.1. The van der Waals surface area contributed by atoms with Crippen molar-refractivity contribution < 1.29 is 35.9 Å². The van der Waals surface area contributed by atoms with E-state index >= 15 is 0 Å². The highest BCUT2D eigenvalue weighted by Crippen LogP contribution is 2.58. The van der Waals surface area contributed by atoms with Crippen molar-refractivity contribution >= 4 is 11.6 Å². The van der Waals surface area contributed by atoms with E-state index in [2.05, 4.69) is 0 Å². The molecular formula is C20H18F6O2. The minimum atomic E-state index is -5.68. The minimum absolute atomic E-state index is 0.00625. The zero-order valence-electron chi connectivity index (χ0n) is 15.3. The zero-order chi connectivity index (χ0) is 21.5. The van der Waals surface area contributed by atoms with Crippen molar-refractivity contribution in [1.29, 1.82) is 0 Å².